The third kappa shape index (κ3) is 4.78. The number of fused-ring (bicyclic) bond motifs is 2. The number of hydrogen-bond donors (Lipinski definition) is 0. The van der Waals surface area contributed by atoms with Crippen molar-refractivity contribution in [3.63, 3.8) is 0 Å². The van der Waals surface area contributed by atoms with E-state index in [1.807, 2.05) is 11.1 Å². The van der Waals surface area contributed by atoms with Gasteiger partial charge in [0.1, 0.15) is 0 Å². The number of nitrogens with zero attached hydrogens (tertiary/aromatic N) is 3. The number of aryl methyl sites for hydroxylation is 3. The predicted octanol–water partition coefficient (Wildman–Crippen LogP) is 5.26. The van der Waals surface area contributed by atoms with Crippen LogP contribution in [0.15, 0.2) is 57.9 Å². The van der Waals surface area contributed by atoms with Gasteiger partial charge in [-0.1, -0.05) is 22.0 Å². The summed E-state index contributed by atoms with van der Waals surface area (Å²) < 4.78 is 2.94. The largest absolute Gasteiger partial charge is 0.619 e. The number of carbonyl (C=O) groups is 1. The van der Waals surface area contributed by atoms with Crippen molar-refractivity contribution in [2.45, 2.75) is 44.9 Å². The minimum atomic E-state index is 0.127. The van der Waals surface area contributed by atoms with Crippen LogP contribution in [-0.4, -0.2) is 28.9 Å². The first-order chi connectivity index (χ1) is 16.4. The normalized spacial score (nSPS) is 18.2. The van der Waals surface area contributed by atoms with Crippen LogP contribution in [0.5, 0.6) is 0 Å². The Hall–Kier alpha value is -2.25. The zero-order valence-corrected chi connectivity index (χ0v) is 22.3. The lowest BCUT2D eigenvalue weighted by Crippen LogP contribution is -2.41. The molecule has 1 aliphatic carbocycles. The Balaban J connectivity index is 1.40. The lowest BCUT2D eigenvalue weighted by atomic mass is 9.76. The SMILES string of the molecule is Cc1cc(Br)c2c(c1)CCc1cc(Br)cnc1C2C1CCN(C(=O)Cc2cc[n+]([O-])cc2)CC1. The van der Waals surface area contributed by atoms with E-state index in [9.17, 15) is 10.0 Å². The maximum Gasteiger partial charge on any atom is 0.226 e. The summed E-state index contributed by atoms with van der Waals surface area (Å²) >= 11 is 7.51. The highest BCUT2D eigenvalue weighted by molar-refractivity contribution is 9.10. The Labute approximate surface area is 217 Å². The molecule has 1 atom stereocenters. The first-order valence-corrected chi connectivity index (χ1v) is 13.4. The van der Waals surface area contributed by atoms with Gasteiger partial charge < -0.3 is 10.1 Å². The van der Waals surface area contributed by atoms with E-state index in [4.69, 9.17) is 4.98 Å². The summed E-state index contributed by atoms with van der Waals surface area (Å²) in [5.74, 6) is 0.764. The van der Waals surface area contributed by atoms with Crippen LogP contribution in [0.25, 0.3) is 0 Å². The Bertz CT molecular complexity index is 1220. The molecule has 2 aliphatic rings. The fourth-order valence-electron chi connectivity index (χ4n) is 5.55. The molecular formula is C27H27Br2N3O2. The maximum absolute atomic E-state index is 12.9. The van der Waals surface area contributed by atoms with Crippen LogP contribution < -0.4 is 4.73 Å². The van der Waals surface area contributed by atoms with Crippen molar-refractivity contribution in [3.05, 3.63) is 96.6 Å². The molecule has 1 unspecified atom stereocenters. The molecule has 1 aliphatic heterocycles. The average Bonchev–Trinajstić information content (AvgIpc) is 2.97. The van der Waals surface area contributed by atoms with Crippen molar-refractivity contribution in [1.82, 2.24) is 9.88 Å². The van der Waals surface area contributed by atoms with E-state index in [1.54, 1.807) is 12.1 Å². The van der Waals surface area contributed by atoms with Crippen LogP contribution >= 0.6 is 31.9 Å². The summed E-state index contributed by atoms with van der Waals surface area (Å²) in [6, 6.07) is 10.2. The number of piperidine rings is 1. The van der Waals surface area contributed by atoms with Gasteiger partial charge in [0.25, 0.3) is 0 Å². The van der Waals surface area contributed by atoms with Gasteiger partial charge in [0, 0.05) is 46.3 Å². The molecule has 0 saturated carbocycles. The summed E-state index contributed by atoms with van der Waals surface area (Å²) in [7, 11) is 0. The maximum atomic E-state index is 12.9. The molecule has 5 rings (SSSR count). The molecule has 2 aromatic heterocycles. The summed E-state index contributed by atoms with van der Waals surface area (Å²) in [5, 5.41) is 11.3. The van der Waals surface area contributed by atoms with E-state index in [0.717, 1.165) is 53.5 Å². The number of rotatable bonds is 3. The molecule has 7 heteroatoms. The smallest absolute Gasteiger partial charge is 0.226 e. The molecule has 0 N–H and O–H groups in total. The molecule has 0 spiro atoms. The van der Waals surface area contributed by atoms with Crippen LogP contribution in [0.3, 0.4) is 0 Å². The molecule has 1 saturated heterocycles. The number of pyridine rings is 2. The fourth-order valence-corrected chi connectivity index (χ4v) is 6.79. The number of halogens is 2. The quantitative estimate of drug-likeness (QED) is 0.312. The minimum absolute atomic E-state index is 0.127. The second-order valence-electron chi connectivity index (χ2n) is 9.46. The lowest BCUT2D eigenvalue weighted by molar-refractivity contribution is -0.605. The van der Waals surface area contributed by atoms with Gasteiger partial charge in [-0.3, -0.25) is 9.78 Å². The van der Waals surface area contributed by atoms with Gasteiger partial charge in [-0.05, 0) is 94.4 Å². The first-order valence-electron chi connectivity index (χ1n) is 11.8. The fraction of sp³-hybridized carbons (Fsp3) is 0.370. The Morgan fingerprint density at radius 2 is 1.82 bits per heavy atom. The molecule has 1 aromatic carbocycles. The van der Waals surface area contributed by atoms with Gasteiger partial charge in [0.15, 0.2) is 12.4 Å². The molecule has 0 bridgehead atoms. The Morgan fingerprint density at radius 3 is 2.56 bits per heavy atom. The van der Waals surface area contributed by atoms with E-state index in [-0.39, 0.29) is 11.8 Å². The number of benzene rings is 1. The van der Waals surface area contributed by atoms with Crippen molar-refractivity contribution < 1.29 is 9.52 Å². The summed E-state index contributed by atoms with van der Waals surface area (Å²) in [6.45, 7) is 3.65. The van der Waals surface area contributed by atoms with Crippen molar-refractivity contribution >= 4 is 37.8 Å². The number of amides is 1. The van der Waals surface area contributed by atoms with E-state index in [2.05, 4.69) is 57.0 Å². The highest BCUT2D eigenvalue weighted by Crippen LogP contribution is 2.45. The van der Waals surface area contributed by atoms with Crippen LogP contribution in [0.4, 0.5) is 0 Å². The second kappa shape index (κ2) is 9.78. The number of carbonyl (C=O) groups excluding carboxylic acids is 1. The van der Waals surface area contributed by atoms with E-state index in [0.29, 0.717) is 12.3 Å². The van der Waals surface area contributed by atoms with Crippen LogP contribution in [-0.2, 0) is 24.1 Å². The minimum Gasteiger partial charge on any atom is -0.619 e. The zero-order valence-electron chi connectivity index (χ0n) is 19.1. The average molecular weight is 585 g/mol. The molecular weight excluding hydrogens is 558 g/mol. The van der Waals surface area contributed by atoms with Gasteiger partial charge in [-0.25, -0.2) is 0 Å². The molecule has 0 radical (unpaired) electrons. The van der Waals surface area contributed by atoms with Crippen molar-refractivity contribution in [2.75, 3.05) is 13.1 Å². The number of hydrogen-bond acceptors (Lipinski definition) is 3. The van der Waals surface area contributed by atoms with Crippen molar-refractivity contribution in [2.24, 2.45) is 5.92 Å². The van der Waals surface area contributed by atoms with Crippen molar-refractivity contribution in [1.29, 1.82) is 0 Å². The van der Waals surface area contributed by atoms with Gasteiger partial charge in [0.2, 0.25) is 5.91 Å². The molecule has 3 heterocycles. The van der Waals surface area contributed by atoms with E-state index >= 15 is 0 Å². The number of likely N-dealkylation sites (tertiary alicyclic amines) is 1. The molecule has 1 fully saturated rings. The summed E-state index contributed by atoms with van der Waals surface area (Å²) in [4.78, 5) is 19.8. The molecule has 1 amide bonds. The third-order valence-corrected chi connectivity index (χ3v) is 8.28. The van der Waals surface area contributed by atoms with Crippen LogP contribution in [0.1, 0.15) is 52.3 Å². The summed E-state index contributed by atoms with van der Waals surface area (Å²) in [5.41, 5.74) is 7.43. The highest BCUT2D eigenvalue weighted by Gasteiger charge is 2.36. The lowest BCUT2D eigenvalue weighted by Gasteiger charge is -2.37. The monoisotopic (exact) mass is 583 g/mol. The predicted molar refractivity (Wildman–Crippen MR) is 138 cm³/mol. The summed E-state index contributed by atoms with van der Waals surface area (Å²) in [6.07, 6.45) is 9.03. The molecule has 34 heavy (non-hydrogen) atoms. The van der Waals surface area contributed by atoms with Crippen molar-refractivity contribution in [3.8, 4) is 0 Å². The Kier molecular flexibility index (Phi) is 6.76. The number of aromatic nitrogens is 2. The van der Waals surface area contributed by atoms with E-state index in [1.165, 1.54) is 44.8 Å². The van der Waals surface area contributed by atoms with Gasteiger partial charge in [-0.2, -0.15) is 4.73 Å². The Morgan fingerprint density at radius 1 is 1.12 bits per heavy atom. The van der Waals surface area contributed by atoms with Crippen LogP contribution in [0, 0.1) is 18.0 Å². The molecule has 176 valence electrons. The van der Waals surface area contributed by atoms with Crippen LogP contribution in [0.2, 0.25) is 0 Å². The van der Waals surface area contributed by atoms with Gasteiger partial charge >= 0.3 is 0 Å². The second-order valence-corrected chi connectivity index (χ2v) is 11.2. The molecule has 3 aromatic rings. The first kappa shape index (κ1) is 23.5. The standard InChI is InChI=1S/C27H27Br2N3O2/c1-17-12-20-2-3-21-15-22(28)16-30-27(21)26(25(20)23(29)13-17)19-6-8-31(9-7-19)24(33)14-18-4-10-32(34)11-5-18/h4-5,10-13,15-16,19,26H,2-3,6-9,14H2,1H3. The third-order valence-electron chi connectivity index (χ3n) is 7.19. The highest BCUT2D eigenvalue weighted by atomic mass is 79.9. The zero-order chi connectivity index (χ0) is 23.8. The van der Waals surface area contributed by atoms with Gasteiger partial charge in [-0.15, -0.1) is 0 Å². The van der Waals surface area contributed by atoms with Gasteiger partial charge in [0.05, 0.1) is 12.1 Å². The molecule has 5 nitrogen and oxygen atoms in total. The topological polar surface area (TPSA) is 60.1 Å². The van der Waals surface area contributed by atoms with E-state index < -0.39 is 0 Å².